The summed E-state index contributed by atoms with van der Waals surface area (Å²) in [5.41, 5.74) is -0.125. The lowest BCUT2D eigenvalue weighted by molar-refractivity contribution is -0.385. The molecular formula is C14H13N3O5. The second-order valence-corrected chi connectivity index (χ2v) is 5.17. The zero-order chi connectivity index (χ0) is 15.9. The second kappa shape index (κ2) is 5.21. The smallest absolute Gasteiger partial charge is 0.311 e. The van der Waals surface area contributed by atoms with Crippen molar-refractivity contribution < 1.29 is 19.2 Å². The van der Waals surface area contributed by atoms with Crippen LogP contribution in [0.3, 0.4) is 0 Å². The number of carbonyl (C=O) groups is 2. The van der Waals surface area contributed by atoms with Crippen LogP contribution in [0.25, 0.3) is 0 Å². The Morgan fingerprint density at radius 1 is 1.50 bits per heavy atom. The van der Waals surface area contributed by atoms with E-state index in [2.05, 4.69) is 4.98 Å². The Morgan fingerprint density at radius 3 is 2.86 bits per heavy atom. The van der Waals surface area contributed by atoms with Crippen molar-refractivity contribution >= 4 is 23.3 Å². The molecule has 0 amide bonds. The van der Waals surface area contributed by atoms with Gasteiger partial charge in [0.25, 0.3) is 5.69 Å². The molecule has 22 heavy (non-hydrogen) atoms. The van der Waals surface area contributed by atoms with Gasteiger partial charge in [0.15, 0.2) is 5.78 Å². The van der Waals surface area contributed by atoms with Gasteiger partial charge < -0.3 is 9.64 Å². The summed E-state index contributed by atoms with van der Waals surface area (Å²) >= 11 is 0. The number of ketones is 1. The van der Waals surface area contributed by atoms with Gasteiger partial charge in [-0.2, -0.15) is 0 Å². The van der Waals surface area contributed by atoms with Crippen LogP contribution >= 0.6 is 0 Å². The van der Waals surface area contributed by atoms with Crippen molar-refractivity contribution in [3.63, 3.8) is 0 Å². The van der Waals surface area contributed by atoms with Gasteiger partial charge in [-0.3, -0.25) is 19.7 Å². The normalized spacial score (nSPS) is 26.1. The number of hydrogen-bond donors (Lipinski definition) is 0. The van der Waals surface area contributed by atoms with Crippen molar-refractivity contribution in [3.05, 3.63) is 40.6 Å². The van der Waals surface area contributed by atoms with Gasteiger partial charge in [-0.15, -0.1) is 0 Å². The quantitative estimate of drug-likeness (QED) is 0.463. The zero-order valence-corrected chi connectivity index (χ0v) is 11.7. The molecule has 3 atom stereocenters. The molecule has 3 unspecified atom stereocenters. The molecule has 1 saturated heterocycles. The number of rotatable bonds is 3. The number of aromatic nitrogens is 1. The van der Waals surface area contributed by atoms with E-state index in [1.165, 1.54) is 25.3 Å². The molecule has 8 heteroatoms. The summed E-state index contributed by atoms with van der Waals surface area (Å²) in [4.78, 5) is 39.9. The number of esters is 1. The highest BCUT2D eigenvalue weighted by molar-refractivity contribution is 6.00. The number of carbonyl (C=O) groups excluding carboxylic acids is 2. The van der Waals surface area contributed by atoms with E-state index >= 15 is 0 Å². The van der Waals surface area contributed by atoms with Crippen LogP contribution in [0, 0.1) is 16.0 Å². The Kier molecular flexibility index (Phi) is 3.36. The largest absolute Gasteiger partial charge is 0.469 e. The number of anilines is 1. The minimum atomic E-state index is -0.538. The molecule has 2 aliphatic rings. The van der Waals surface area contributed by atoms with Crippen LogP contribution in [0.4, 0.5) is 11.5 Å². The monoisotopic (exact) mass is 303 g/mol. The number of fused-ring (bicyclic) bond motifs is 2. The fraction of sp³-hybridized carbons (Fsp3) is 0.357. The molecule has 8 nitrogen and oxygen atoms in total. The SMILES string of the molecule is COC(=O)C1CC2C(=O)C=CC1N2c1ccc([N+](=O)[O-])cn1. The molecule has 0 aliphatic carbocycles. The molecule has 1 aromatic rings. The summed E-state index contributed by atoms with van der Waals surface area (Å²) in [7, 11) is 1.31. The first-order valence-electron chi connectivity index (χ1n) is 6.71. The fourth-order valence-electron chi connectivity index (χ4n) is 3.02. The Balaban J connectivity index is 1.96. The predicted molar refractivity (Wildman–Crippen MR) is 75.2 cm³/mol. The Morgan fingerprint density at radius 2 is 2.27 bits per heavy atom. The number of hydrogen-bond acceptors (Lipinski definition) is 7. The first-order valence-corrected chi connectivity index (χ1v) is 6.71. The molecule has 1 aromatic heterocycles. The molecule has 2 bridgehead atoms. The van der Waals surface area contributed by atoms with Crippen LogP contribution in [0.15, 0.2) is 30.5 Å². The highest BCUT2D eigenvalue weighted by Gasteiger charge is 2.49. The van der Waals surface area contributed by atoms with Crippen LogP contribution < -0.4 is 4.90 Å². The van der Waals surface area contributed by atoms with E-state index in [0.29, 0.717) is 12.2 Å². The van der Waals surface area contributed by atoms with Crippen LogP contribution in [0.2, 0.25) is 0 Å². The summed E-state index contributed by atoms with van der Waals surface area (Å²) in [5, 5.41) is 10.7. The average Bonchev–Trinajstić information content (AvgIpc) is 2.83. The van der Waals surface area contributed by atoms with E-state index in [1.54, 1.807) is 11.0 Å². The lowest BCUT2D eigenvalue weighted by Gasteiger charge is -2.32. The number of methoxy groups -OCH3 is 1. The third-order valence-electron chi connectivity index (χ3n) is 4.04. The highest BCUT2D eigenvalue weighted by atomic mass is 16.6. The Bertz CT molecular complexity index is 670. The first kappa shape index (κ1) is 14.2. The van der Waals surface area contributed by atoms with E-state index in [-0.39, 0.29) is 23.5 Å². The zero-order valence-electron chi connectivity index (χ0n) is 11.7. The molecule has 2 aliphatic heterocycles. The molecule has 0 radical (unpaired) electrons. The van der Waals surface area contributed by atoms with Crippen molar-refractivity contribution in [2.75, 3.05) is 12.0 Å². The standard InChI is InChI=1S/C14H13N3O5/c1-22-14(19)9-6-11-12(18)4-3-10(9)16(11)13-5-2-8(7-15-13)17(20)21/h2-5,7,9-11H,6H2,1H3. The van der Waals surface area contributed by atoms with E-state index in [1.807, 2.05) is 0 Å². The number of nitrogens with zero attached hydrogens (tertiary/aromatic N) is 3. The summed E-state index contributed by atoms with van der Waals surface area (Å²) in [6.45, 7) is 0. The Hall–Kier alpha value is -2.77. The minimum Gasteiger partial charge on any atom is -0.469 e. The van der Waals surface area contributed by atoms with E-state index in [4.69, 9.17) is 4.74 Å². The van der Waals surface area contributed by atoms with Gasteiger partial charge in [0, 0.05) is 6.07 Å². The Labute approximate surface area is 125 Å². The lowest BCUT2D eigenvalue weighted by atomic mass is 10.0. The van der Waals surface area contributed by atoms with Gasteiger partial charge in [0.1, 0.15) is 12.0 Å². The fourth-order valence-corrected chi connectivity index (χ4v) is 3.02. The molecular weight excluding hydrogens is 290 g/mol. The maximum atomic E-state index is 12.1. The van der Waals surface area contributed by atoms with Crippen LogP contribution in [0.1, 0.15) is 6.42 Å². The summed E-state index contributed by atoms with van der Waals surface area (Å²) in [6.07, 6.45) is 4.63. The topological polar surface area (TPSA) is 103 Å². The van der Waals surface area contributed by atoms with E-state index in [9.17, 15) is 19.7 Å². The van der Waals surface area contributed by atoms with Crippen molar-refractivity contribution in [1.82, 2.24) is 4.98 Å². The molecule has 3 rings (SSSR count). The van der Waals surface area contributed by atoms with Crippen molar-refractivity contribution in [3.8, 4) is 0 Å². The molecule has 0 aromatic carbocycles. The van der Waals surface area contributed by atoms with Crippen molar-refractivity contribution in [2.45, 2.75) is 18.5 Å². The van der Waals surface area contributed by atoms with E-state index < -0.39 is 16.9 Å². The van der Waals surface area contributed by atoms with Crippen LogP contribution in [-0.4, -0.2) is 40.9 Å². The third kappa shape index (κ3) is 2.12. The summed E-state index contributed by atoms with van der Waals surface area (Å²) < 4.78 is 4.79. The second-order valence-electron chi connectivity index (χ2n) is 5.17. The third-order valence-corrected chi connectivity index (χ3v) is 4.04. The van der Waals surface area contributed by atoms with Crippen molar-refractivity contribution in [2.24, 2.45) is 5.92 Å². The number of nitro groups is 1. The maximum Gasteiger partial charge on any atom is 0.311 e. The molecule has 0 saturated carbocycles. The van der Waals surface area contributed by atoms with Crippen molar-refractivity contribution in [1.29, 1.82) is 0 Å². The molecule has 114 valence electrons. The van der Waals surface area contributed by atoms with Gasteiger partial charge in [0.2, 0.25) is 0 Å². The predicted octanol–water partition coefficient (Wildman–Crippen LogP) is 0.865. The number of pyridine rings is 1. The molecule has 0 N–H and O–H groups in total. The van der Waals surface area contributed by atoms with Gasteiger partial charge in [-0.05, 0) is 18.6 Å². The van der Waals surface area contributed by atoms with Gasteiger partial charge in [0.05, 0.1) is 30.0 Å². The van der Waals surface area contributed by atoms with Crippen LogP contribution in [-0.2, 0) is 14.3 Å². The summed E-state index contributed by atoms with van der Waals surface area (Å²) in [5.74, 6) is -0.499. The molecule has 1 fully saturated rings. The molecule has 3 heterocycles. The minimum absolute atomic E-state index is 0.109. The maximum absolute atomic E-state index is 12.1. The molecule has 0 spiro atoms. The van der Waals surface area contributed by atoms with Crippen LogP contribution in [0.5, 0.6) is 0 Å². The number of ether oxygens (including phenoxy) is 1. The summed E-state index contributed by atoms with van der Waals surface area (Å²) in [6, 6.07) is 2.00. The highest BCUT2D eigenvalue weighted by Crippen LogP contribution is 2.38. The van der Waals surface area contributed by atoms with Gasteiger partial charge >= 0.3 is 5.97 Å². The van der Waals surface area contributed by atoms with Gasteiger partial charge in [-0.1, -0.05) is 6.08 Å². The first-order chi connectivity index (χ1) is 10.5. The lowest BCUT2D eigenvalue weighted by Crippen LogP contribution is -2.44. The van der Waals surface area contributed by atoms with Gasteiger partial charge in [-0.25, -0.2) is 4.98 Å². The average molecular weight is 303 g/mol. The van der Waals surface area contributed by atoms with E-state index in [0.717, 1.165) is 6.20 Å².